The van der Waals surface area contributed by atoms with E-state index in [0.717, 1.165) is 17.8 Å². The van der Waals surface area contributed by atoms with Crippen LogP contribution in [-0.4, -0.2) is 27.8 Å². The first-order valence-corrected chi connectivity index (χ1v) is 6.44. The average Bonchev–Trinajstić information content (AvgIpc) is 2.76. The normalized spacial score (nSPS) is 18.1. The summed E-state index contributed by atoms with van der Waals surface area (Å²) in [6, 6.07) is 0. The largest absolute Gasteiger partial charge is 0.347 e. The Morgan fingerprint density at radius 1 is 1.35 bits per heavy atom. The van der Waals surface area contributed by atoms with Crippen molar-refractivity contribution in [2.45, 2.75) is 47.6 Å². The highest BCUT2D eigenvalue weighted by molar-refractivity contribution is 5.79. The highest BCUT2D eigenvalue weighted by atomic mass is 16.2. The minimum Gasteiger partial charge on any atom is -0.347 e. The quantitative estimate of drug-likeness (QED) is 0.756. The molecular formula is C13H25N3O. The maximum atomic E-state index is 11.6. The lowest BCUT2D eigenvalue weighted by Gasteiger charge is -2.16. The van der Waals surface area contributed by atoms with Gasteiger partial charge in [0.1, 0.15) is 0 Å². The zero-order valence-electron chi connectivity index (χ0n) is 11.9. The summed E-state index contributed by atoms with van der Waals surface area (Å²) in [5.41, 5.74) is 2.10. The molecule has 2 heterocycles. The maximum Gasteiger partial charge on any atom is 0.225 e. The van der Waals surface area contributed by atoms with Gasteiger partial charge in [-0.2, -0.15) is 0 Å². The van der Waals surface area contributed by atoms with Crippen LogP contribution in [0.15, 0.2) is 6.33 Å². The first-order valence-electron chi connectivity index (χ1n) is 6.44. The highest BCUT2D eigenvalue weighted by Gasteiger charge is 2.25. The van der Waals surface area contributed by atoms with Crippen molar-refractivity contribution in [2.75, 3.05) is 7.05 Å². The van der Waals surface area contributed by atoms with Crippen LogP contribution in [0.4, 0.5) is 0 Å². The van der Waals surface area contributed by atoms with Gasteiger partial charge in [0.25, 0.3) is 0 Å². The van der Waals surface area contributed by atoms with Gasteiger partial charge in [-0.25, -0.2) is 4.98 Å². The Hall–Kier alpha value is -1.32. The second-order valence-electron chi connectivity index (χ2n) is 3.63. The van der Waals surface area contributed by atoms with Gasteiger partial charge in [-0.15, -0.1) is 0 Å². The molecule has 0 spiro atoms. The van der Waals surface area contributed by atoms with Crippen LogP contribution < -0.4 is 0 Å². The van der Waals surface area contributed by atoms with Gasteiger partial charge in [-0.3, -0.25) is 4.79 Å². The van der Waals surface area contributed by atoms with Crippen molar-refractivity contribution in [3.63, 3.8) is 0 Å². The van der Waals surface area contributed by atoms with Crippen LogP contribution in [0.2, 0.25) is 0 Å². The van der Waals surface area contributed by atoms with Crippen LogP contribution in [0.5, 0.6) is 0 Å². The Labute approximate surface area is 104 Å². The van der Waals surface area contributed by atoms with E-state index in [1.54, 1.807) is 11.2 Å². The van der Waals surface area contributed by atoms with Crippen molar-refractivity contribution in [3.05, 3.63) is 17.7 Å². The number of carbonyl (C=O) groups is 1. The molecule has 0 aromatic carbocycles. The second-order valence-corrected chi connectivity index (χ2v) is 3.63. The van der Waals surface area contributed by atoms with Gasteiger partial charge in [-0.1, -0.05) is 34.6 Å². The smallest absolute Gasteiger partial charge is 0.225 e. The highest BCUT2D eigenvalue weighted by Crippen LogP contribution is 2.18. The molecule has 0 aliphatic carbocycles. The first-order chi connectivity index (χ1) is 8.18. The molecule has 4 nitrogen and oxygen atoms in total. The summed E-state index contributed by atoms with van der Waals surface area (Å²) in [5.74, 6) is 0.251. The number of hydrogen-bond acceptors (Lipinski definition) is 2. The molecule has 0 bridgehead atoms. The SMILES string of the molecule is CC.CC.CC1Cc2nc[nH]c2CN(C)C1=O. The minimum atomic E-state index is 0.0505. The molecule has 1 amide bonds. The fourth-order valence-corrected chi connectivity index (χ4v) is 1.73. The van der Waals surface area contributed by atoms with E-state index in [9.17, 15) is 4.79 Å². The summed E-state index contributed by atoms with van der Waals surface area (Å²) in [6.07, 6.45) is 2.45. The zero-order chi connectivity index (χ0) is 13.4. The fraction of sp³-hybridized carbons (Fsp3) is 0.692. The number of rotatable bonds is 0. The molecule has 0 radical (unpaired) electrons. The molecule has 1 N–H and O–H groups in total. The lowest BCUT2D eigenvalue weighted by atomic mass is 10.1. The zero-order valence-corrected chi connectivity index (χ0v) is 11.9. The van der Waals surface area contributed by atoms with Crippen molar-refractivity contribution >= 4 is 5.91 Å². The molecule has 17 heavy (non-hydrogen) atoms. The molecule has 1 aliphatic rings. The Balaban J connectivity index is 0.000000581. The van der Waals surface area contributed by atoms with Crippen molar-refractivity contribution in [1.82, 2.24) is 14.9 Å². The predicted molar refractivity (Wildman–Crippen MR) is 70.6 cm³/mol. The van der Waals surface area contributed by atoms with E-state index in [1.807, 2.05) is 41.7 Å². The summed E-state index contributed by atoms with van der Waals surface area (Å²) in [4.78, 5) is 20.6. The first kappa shape index (κ1) is 15.7. The number of fused-ring (bicyclic) bond motifs is 1. The third kappa shape index (κ3) is 3.88. The Morgan fingerprint density at radius 2 is 1.94 bits per heavy atom. The van der Waals surface area contributed by atoms with E-state index >= 15 is 0 Å². The summed E-state index contributed by atoms with van der Waals surface area (Å²) in [5, 5.41) is 0. The Kier molecular flexibility index (Phi) is 7.26. The van der Waals surface area contributed by atoms with Crippen LogP contribution in [0.3, 0.4) is 0 Å². The van der Waals surface area contributed by atoms with Gasteiger partial charge >= 0.3 is 0 Å². The van der Waals surface area contributed by atoms with E-state index in [1.165, 1.54) is 0 Å². The third-order valence-corrected chi connectivity index (χ3v) is 2.50. The van der Waals surface area contributed by atoms with Gasteiger partial charge in [0, 0.05) is 19.4 Å². The number of carbonyl (C=O) groups excluding carboxylic acids is 1. The van der Waals surface area contributed by atoms with Gasteiger partial charge in [0.2, 0.25) is 5.91 Å². The number of hydrogen-bond donors (Lipinski definition) is 1. The van der Waals surface area contributed by atoms with Crippen LogP contribution in [0, 0.1) is 5.92 Å². The van der Waals surface area contributed by atoms with E-state index < -0.39 is 0 Å². The molecule has 0 fully saturated rings. The molecule has 0 saturated heterocycles. The molecule has 1 unspecified atom stereocenters. The summed E-state index contributed by atoms with van der Waals surface area (Å²) in [6.45, 7) is 10.6. The number of aromatic amines is 1. The van der Waals surface area contributed by atoms with Crippen LogP contribution in [-0.2, 0) is 17.8 Å². The van der Waals surface area contributed by atoms with Gasteiger partial charge < -0.3 is 9.88 Å². The number of amides is 1. The topological polar surface area (TPSA) is 49.0 Å². The van der Waals surface area contributed by atoms with Crippen molar-refractivity contribution in [2.24, 2.45) is 5.92 Å². The summed E-state index contributed by atoms with van der Waals surface area (Å²) in [7, 11) is 1.83. The summed E-state index contributed by atoms with van der Waals surface area (Å²) < 4.78 is 0. The molecule has 4 heteroatoms. The molecule has 1 aliphatic heterocycles. The van der Waals surface area contributed by atoms with E-state index in [-0.39, 0.29) is 11.8 Å². The Morgan fingerprint density at radius 3 is 2.53 bits per heavy atom. The second kappa shape index (κ2) is 7.87. The number of imidazole rings is 1. The fourth-order valence-electron chi connectivity index (χ4n) is 1.73. The molecular weight excluding hydrogens is 214 g/mol. The van der Waals surface area contributed by atoms with E-state index in [2.05, 4.69) is 9.97 Å². The monoisotopic (exact) mass is 239 g/mol. The number of H-pyrrole nitrogens is 1. The van der Waals surface area contributed by atoms with Crippen LogP contribution in [0.1, 0.15) is 46.0 Å². The average molecular weight is 239 g/mol. The number of aromatic nitrogens is 2. The van der Waals surface area contributed by atoms with Crippen molar-refractivity contribution in [3.8, 4) is 0 Å². The van der Waals surface area contributed by atoms with Crippen LogP contribution in [0.25, 0.3) is 0 Å². The maximum absolute atomic E-state index is 11.6. The number of nitrogens with one attached hydrogen (secondary N) is 1. The predicted octanol–water partition coefficient (Wildman–Crippen LogP) is 2.61. The van der Waals surface area contributed by atoms with E-state index in [4.69, 9.17) is 0 Å². The lowest BCUT2D eigenvalue weighted by Crippen LogP contribution is -2.29. The Bertz CT molecular complexity index is 305. The minimum absolute atomic E-state index is 0.0505. The van der Waals surface area contributed by atoms with Crippen molar-refractivity contribution in [1.29, 1.82) is 0 Å². The van der Waals surface area contributed by atoms with Gasteiger partial charge in [-0.05, 0) is 0 Å². The standard InChI is InChI=1S/C9H13N3O.2C2H6/c1-6-3-7-8(11-5-10-7)4-12(2)9(6)13;2*1-2/h5-6H,3-4H2,1-2H3,(H,10,11);2*1-2H3. The van der Waals surface area contributed by atoms with Gasteiger partial charge in [0.05, 0.1) is 24.3 Å². The van der Waals surface area contributed by atoms with Gasteiger partial charge in [0.15, 0.2) is 0 Å². The van der Waals surface area contributed by atoms with Crippen molar-refractivity contribution < 1.29 is 4.79 Å². The molecule has 0 saturated carbocycles. The molecule has 2 rings (SSSR count). The molecule has 1 atom stereocenters. The van der Waals surface area contributed by atoms with Crippen LogP contribution >= 0.6 is 0 Å². The van der Waals surface area contributed by atoms with E-state index in [0.29, 0.717) is 6.54 Å². The molecule has 1 aromatic rings. The molecule has 1 aromatic heterocycles. The lowest BCUT2D eigenvalue weighted by molar-refractivity contribution is -0.133. The summed E-state index contributed by atoms with van der Waals surface area (Å²) >= 11 is 0. The third-order valence-electron chi connectivity index (χ3n) is 2.50. The number of nitrogens with zero attached hydrogens (tertiary/aromatic N) is 2. The molecule has 98 valence electrons.